The van der Waals surface area contributed by atoms with E-state index in [2.05, 4.69) is 43.0 Å². The third kappa shape index (κ3) is 2.94. The summed E-state index contributed by atoms with van der Waals surface area (Å²) in [6.07, 6.45) is 0.980. The number of nitrogens with zero attached hydrogens (tertiary/aromatic N) is 2. The first-order valence-electron chi connectivity index (χ1n) is 6.41. The highest BCUT2D eigenvalue weighted by Crippen LogP contribution is 2.19. The van der Waals surface area contributed by atoms with Crippen molar-refractivity contribution in [2.45, 2.75) is 26.3 Å². The number of alkyl halides is 1. The van der Waals surface area contributed by atoms with Crippen LogP contribution in [0.1, 0.15) is 20.3 Å². The van der Waals surface area contributed by atoms with Gasteiger partial charge in [0.25, 0.3) is 0 Å². The summed E-state index contributed by atoms with van der Waals surface area (Å²) in [5, 5.41) is 1.18. The molecule has 2 aromatic rings. The van der Waals surface area contributed by atoms with E-state index in [1.807, 2.05) is 12.1 Å². The molecular weight excluding hydrogens is 244 g/mol. The molecule has 18 heavy (non-hydrogen) atoms. The molecule has 2 rings (SSSR count). The zero-order valence-electron chi connectivity index (χ0n) is 10.9. The van der Waals surface area contributed by atoms with E-state index in [-0.39, 0.29) is 0 Å². The number of aromatic nitrogens is 1. The molecule has 2 nitrogen and oxygen atoms in total. The molecule has 0 saturated carbocycles. The van der Waals surface area contributed by atoms with Gasteiger partial charge in [-0.25, -0.2) is 4.98 Å². The van der Waals surface area contributed by atoms with Gasteiger partial charge in [-0.05, 0) is 38.5 Å². The number of hydrogen-bond acceptors (Lipinski definition) is 2. The molecule has 0 atom stereocenters. The van der Waals surface area contributed by atoms with Gasteiger partial charge in [-0.3, -0.25) is 0 Å². The summed E-state index contributed by atoms with van der Waals surface area (Å²) < 4.78 is 0. The van der Waals surface area contributed by atoms with Crippen LogP contribution in [0, 0.1) is 0 Å². The van der Waals surface area contributed by atoms with Gasteiger partial charge in [-0.1, -0.05) is 18.2 Å². The Kier molecular flexibility index (Phi) is 4.43. The topological polar surface area (TPSA) is 16.1 Å². The fourth-order valence-electron chi connectivity index (χ4n) is 2.08. The molecule has 96 valence electrons. The minimum absolute atomic E-state index is 0.432. The Labute approximate surface area is 114 Å². The zero-order chi connectivity index (χ0) is 13.0. The van der Waals surface area contributed by atoms with E-state index in [9.17, 15) is 0 Å². The predicted molar refractivity (Wildman–Crippen MR) is 79.6 cm³/mol. The monoisotopic (exact) mass is 262 g/mol. The Morgan fingerprint density at radius 1 is 1.17 bits per heavy atom. The van der Waals surface area contributed by atoms with Crippen LogP contribution >= 0.6 is 11.6 Å². The van der Waals surface area contributed by atoms with Gasteiger partial charge < -0.3 is 4.90 Å². The van der Waals surface area contributed by atoms with Gasteiger partial charge in [0.05, 0.1) is 5.52 Å². The van der Waals surface area contributed by atoms with E-state index in [1.54, 1.807) is 0 Å². The maximum absolute atomic E-state index is 5.79. The summed E-state index contributed by atoms with van der Waals surface area (Å²) in [7, 11) is 0. The number of pyridine rings is 1. The molecule has 0 bridgehead atoms. The molecular formula is C15H19ClN2. The fourth-order valence-corrected chi connectivity index (χ4v) is 2.20. The highest BCUT2D eigenvalue weighted by Gasteiger charge is 2.11. The first kappa shape index (κ1) is 13.2. The molecule has 3 heteroatoms. The maximum Gasteiger partial charge on any atom is 0.129 e. The Balaban J connectivity index is 2.32. The van der Waals surface area contributed by atoms with Crippen molar-refractivity contribution in [2.24, 2.45) is 0 Å². The second kappa shape index (κ2) is 6.05. The number of halogens is 1. The first-order chi connectivity index (χ1) is 8.72. The quantitative estimate of drug-likeness (QED) is 0.755. The number of rotatable bonds is 5. The van der Waals surface area contributed by atoms with E-state index >= 15 is 0 Å². The average Bonchev–Trinajstić information content (AvgIpc) is 2.38. The normalized spacial score (nSPS) is 11.1. The molecule has 0 saturated heterocycles. The predicted octanol–water partition coefficient (Wildman–Crippen LogP) is 4.08. The van der Waals surface area contributed by atoms with Gasteiger partial charge in [-0.15, -0.1) is 11.6 Å². The van der Waals surface area contributed by atoms with Crippen LogP contribution in [0.25, 0.3) is 10.9 Å². The van der Waals surface area contributed by atoms with Crippen LogP contribution in [0.4, 0.5) is 5.82 Å². The zero-order valence-corrected chi connectivity index (χ0v) is 11.7. The van der Waals surface area contributed by atoms with Crippen molar-refractivity contribution >= 4 is 28.3 Å². The lowest BCUT2D eigenvalue weighted by molar-refractivity contribution is 0.665. The minimum atomic E-state index is 0.432. The first-order valence-corrected chi connectivity index (χ1v) is 6.94. The Hall–Kier alpha value is -1.28. The number of benzene rings is 1. The summed E-state index contributed by atoms with van der Waals surface area (Å²) in [5.74, 6) is 1.73. The summed E-state index contributed by atoms with van der Waals surface area (Å²) in [6.45, 7) is 5.32. The number of fused-ring (bicyclic) bond motifs is 1. The third-order valence-corrected chi connectivity index (χ3v) is 3.30. The lowest BCUT2D eigenvalue weighted by atomic mass is 10.2. The minimum Gasteiger partial charge on any atom is -0.354 e. The molecule has 0 radical (unpaired) electrons. The van der Waals surface area contributed by atoms with E-state index < -0.39 is 0 Å². The Morgan fingerprint density at radius 3 is 2.67 bits per heavy atom. The Bertz CT molecular complexity index is 511. The summed E-state index contributed by atoms with van der Waals surface area (Å²) in [5.41, 5.74) is 1.05. The van der Waals surface area contributed by atoms with Gasteiger partial charge >= 0.3 is 0 Å². The molecule has 1 aromatic heterocycles. The Morgan fingerprint density at radius 2 is 1.94 bits per heavy atom. The van der Waals surface area contributed by atoms with Crippen LogP contribution in [-0.4, -0.2) is 23.5 Å². The van der Waals surface area contributed by atoms with Crippen molar-refractivity contribution in [1.29, 1.82) is 0 Å². The van der Waals surface area contributed by atoms with Crippen LogP contribution in [0.2, 0.25) is 0 Å². The van der Waals surface area contributed by atoms with Crippen molar-refractivity contribution in [1.82, 2.24) is 4.98 Å². The van der Waals surface area contributed by atoms with Crippen LogP contribution < -0.4 is 4.90 Å². The lowest BCUT2D eigenvalue weighted by Gasteiger charge is -2.27. The maximum atomic E-state index is 5.79. The molecule has 0 aliphatic carbocycles. The molecule has 0 unspecified atom stereocenters. The molecule has 1 aromatic carbocycles. The second-order valence-corrected chi connectivity index (χ2v) is 5.07. The molecule has 0 amide bonds. The van der Waals surface area contributed by atoms with Crippen LogP contribution in [0.15, 0.2) is 36.4 Å². The van der Waals surface area contributed by atoms with Crippen LogP contribution in [0.5, 0.6) is 0 Å². The molecule has 0 fully saturated rings. The molecule has 1 heterocycles. The van der Waals surface area contributed by atoms with Gasteiger partial charge in [0, 0.05) is 23.9 Å². The fraction of sp³-hybridized carbons (Fsp3) is 0.400. The van der Waals surface area contributed by atoms with Crippen molar-refractivity contribution in [3.63, 3.8) is 0 Å². The van der Waals surface area contributed by atoms with Crippen LogP contribution in [-0.2, 0) is 0 Å². The van der Waals surface area contributed by atoms with Gasteiger partial charge in [0.2, 0.25) is 0 Å². The largest absolute Gasteiger partial charge is 0.354 e. The molecule has 0 aliphatic rings. The number of hydrogen-bond donors (Lipinski definition) is 0. The van der Waals surface area contributed by atoms with Crippen LogP contribution in [0.3, 0.4) is 0 Å². The van der Waals surface area contributed by atoms with Crippen molar-refractivity contribution in [2.75, 3.05) is 17.3 Å². The van der Waals surface area contributed by atoms with E-state index in [0.717, 1.165) is 24.3 Å². The lowest BCUT2D eigenvalue weighted by Crippen LogP contribution is -2.32. The van der Waals surface area contributed by atoms with Gasteiger partial charge in [0.15, 0.2) is 0 Å². The molecule has 0 aliphatic heterocycles. The van der Waals surface area contributed by atoms with Crippen molar-refractivity contribution in [3.8, 4) is 0 Å². The summed E-state index contributed by atoms with van der Waals surface area (Å²) >= 11 is 5.79. The average molecular weight is 263 g/mol. The van der Waals surface area contributed by atoms with Gasteiger partial charge in [0.1, 0.15) is 5.82 Å². The van der Waals surface area contributed by atoms with E-state index in [1.165, 1.54) is 5.39 Å². The van der Waals surface area contributed by atoms with Crippen molar-refractivity contribution in [3.05, 3.63) is 36.4 Å². The highest BCUT2D eigenvalue weighted by atomic mass is 35.5. The second-order valence-electron chi connectivity index (χ2n) is 4.69. The smallest absolute Gasteiger partial charge is 0.129 e. The highest BCUT2D eigenvalue weighted by molar-refractivity contribution is 6.17. The molecule has 0 N–H and O–H groups in total. The SMILES string of the molecule is CC(C)N(CCCCl)c1ccc2ccccc2n1. The van der Waals surface area contributed by atoms with E-state index in [4.69, 9.17) is 16.6 Å². The number of anilines is 1. The van der Waals surface area contributed by atoms with Gasteiger partial charge in [-0.2, -0.15) is 0 Å². The van der Waals surface area contributed by atoms with E-state index in [0.29, 0.717) is 11.9 Å². The molecule has 0 spiro atoms. The summed E-state index contributed by atoms with van der Waals surface area (Å²) in [4.78, 5) is 7.03. The number of para-hydroxylation sites is 1. The summed E-state index contributed by atoms with van der Waals surface area (Å²) in [6, 6.07) is 12.9. The standard InChI is InChI=1S/C15H19ClN2/c1-12(2)18(11-5-10-16)15-9-8-13-6-3-4-7-14(13)17-15/h3-4,6-9,12H,5,10-11H2,1-2H3. The third-order valence-electron chi connectivity index (χ3n) is 3.03. The van der Waals surface area contributed by atoms with Crippen molar-refractivity contribution < 1.29 is 0 Å².